The molecule has 134 valence electrons. The molecule has 0 bridgehead atoms. The second-order valence-electron chi connectivity index (χ2n) is 7.50. The molecule has 0 atom stereocenters. The number of hydrogen-bond donors (Lipinski definition) is 2. The average molecular weight is 346 g/mol. The lowest BCUT2D eigenvalue weighted by molar-refractivity contribution is 0.0859. The summed E-state index contributed by atoms with van der Waals surface area (Å²) in [6, 6.07) is 1.49. The number of Topliss-reactive ketones (excluding diaryl/α,β-unsaturated/α-hetero) is 1. The van der Waals surface area contributed by atoms with Gasteiger partial charge in [-0.25, -0.2) is 9.31 Å². The van der Waals surface area contributed by atoms with Gasteiger partial charge in [-0.2, -0.15) is 5.10 Å². The van der Waals surface area contributed by atoms with Gasteiger partial charge in [0.25, 0.3) is 5.56 Å². The van der Waals surface area contributed by atoms with Gasteiger partial charge in [-0.05, 0) is 12.8 Å². The van der Waals surface area contributed by atoms with Gasteiger partial charge in [-0.15, -0.1) is 0 Å². The number of hydrogen-bond acceptors (Lipinski definition) is 4. The van der Waals surface area contributed by atoms with Crippen molar-refractivity contribution < 1.29 is 14.7 Å². The van der Waals surface area contributed by atoms with Crippen molar-refractivity contribution in [2.24, 2.45) is 5.41 Å². The summed E-state index contributed by atoms with van der Waals surface area (Å²) in [7, 11) is 0. The summed E-state index contributed by atoms with van der Waals surface area (Å²) >= 11 is 0. The highest BCUT2D eigenvalue weighted by atomic mass is 16.4. The molecule has 0 aromatic carbocycles. The van der Waals surface area contributed by atoms with E-state index < -0.39 is 11.5 Å². The van der Waals surface area contributed by atoms with E-state index in [4.69, 9.17) is 5.11 Å². The molecule has 8 heteroatoms. The number of rotatable bonds is 2. The molecule has 2 aromatic rings. The van der Waals surface area contributed by atoms with Crippen LogP contribution in [-0.4, -0.2) is 49.6 Å². The SMILES string of the molecule is CC(C)(C)C(=O)c1cnn2c(C3CCN(C(=O)O)CC3)cc(=O)[nH]c12. The summed E-state index contributed by atoms with van der Waals surface area (Å²) in [6.07, 6.45) is 1.81. The Bertz CT molecular complexity index is 882. The number of ketones is 1. The number of aromatic nitrogens is 3. The van der Waals surface area contributed by atoms with Crippen molar-refractivity contribution in [2.75, 3.05) is 13.1 Å². The molecule has 1 amide bonds. The van der Waals surface area contributed by atoms with E-state index in [1.165, 1.54) is 17.2 Å². The van der Waals surface area contributed by atoms with Gasteiger partial charge in [0.05, 0.1) is 17.5 Å². The predicted octanol–water partition coefficient (Wildman–Crippen LogP) is 2.11. The van der Waals surface area contributed by atoms with E-state index >= 15 is 0 Å². The van der Waals surface area contributed by atoms with Crippen LogP contribution in [0.2, 0.25) is 0 Å². The molecule has 0 saturated carbocycles. The fourth-order valence-electron chi connectivity index (χ4n) is 3.24. The molecular weight excluding hydrogens is 324 g/mol. The Labute approximate surface area is 144 Å². The van der Waals surface area contributed by atoms with Crippen molar-refractivity contribution in [2.45, 2.75) is 39.5 Å². The minimum Gasteiger partial charge on any atom is -0.465 e. The molecule has 0 spiro atoms. The zero-order chi connectivity index (χ0) is 18.4. The zero-order valence-electron chi connectivity index (χ0n) is 14.6. The number of nitrogens with one attached hydrogen (secondary N) is 1. The van der Waals surface area contributed by atoms with Crippen LogP contribution in [0.4, 0.5) is 4.79 Å². The van der Waals surface area contributed by atoms with Crippen LogP contribution < -0.4 is 5.56 Å². The minimum atomic E-state index is -0.924. The maximum absolute atomic E-state index is 12.6. The first-order chi connectivity index (χ1) is 11.7. The number of likely N-dealkylation sites (tertiary alicyclic amines) is 1. The molecule has 2 N–H and O–H groups in total. The largest absolute Gasteiger partial charge is 0.465 e. The summed E-state index contributed by atoms with van der Waals surface area (Å²) in [6.45, 7) is 6.31. The molecule has 1 aliphatic rings. The van der Waals surface area contributed by atoms with Crippen molar-refractivity contribution in [3.8, 4) is 0 Å². The van der Waals surface area contributed by atoms with E-state index in [1.807, 2.05) is 20.8 Å². The highest BCUT2D eigenvalue weighted by molar-refractivity contribution is 6.04. The smallest absolute Gasteiger partial charge is 0.407 e. The van der Waals surface area contributed by atoms with E-state index in [0.29, 0.717) is 37.1 Å². The van der Waals surface area contributed by atoms with E-state index in [-0.39, 0.29) is 17.3 Å². The third kappa shape index (κ3) is 3.16. The molecule has 25 heavy (non-hydrogen) atoms. The van der Waals surface area contributed by atoms with Gasteiger partial charge in [-0.1, -0.05) is 20.8 Å². The van der Waals surface area contributed by atoms with E-state index in [9.17, 15) is 14.4 Å². The number of fused-ring (bicyclic) bond motifs is 1. The number of carbonyl (C=O) groups is 2. The van der Waals surface area contributed by atoms with Crippen molar-refractivity contribution in [1.82, 2.24) is 19.5 Å². The van der Waals surface area contributed by atoms with Crippen molar-refractivity contribution in [3.05, 3.63) is 33.9 Å². The van der Waals surface area contributed by atoms with E-state index in [1.54, 1.807) is 4.52 Å². The lowest BCUT2D eigenvalue weighted by atomic mass is 9.87. The molecule has 3 heterocycles. The maximum Gasteiger partial charge on any atom is 0.407 e. The van der Waals surface area contributed by atoms with Crippen LogP contribution in [0.3, 0.4) is 0 Å². The van der Waals surface area contributed by atoms with Crippen LogP contribution in [0.1, 0.15) is 55.6 Å². The molecule has 1 aliphatic heterocycles. The number of H-pyrrole nitrogens is 1. The lowest BCUT2D eigenvalue weighted by Gasteiger charge is -2.30. The number of piperidine rings is 1. The molecular formula is C17H22N4O4. The van der Waals surface area contributed by atoms with Crippen LogP contribution in [0.15, 0.2) is 17.1 Å². The maximum atomic E-state index is 12.6. The lowest BCUT2D eigenvalue weighted by Crippen LogP contribution is -2.37. The number of amides is 1. The van der Waals surface area contributed by atoms with E-state index in [0.717, 1.165) is 5.69 Å². The second kappa shape index (κ2) is 6.02. The van der Waals surface area contributed by atoms with Gasteiger partial charge >= 0.3 is 6.09 Å². The molecule has 1 fully saturated rings. The molecule has 0 radical (unpaired) electrons. The Hall–Kier alpha value is -2.64. The summed E-state index contributed by atoms with van der Waals surface area (Å²) in [5, 5.41) is 13.4. The van der Waals surface area contributed by atoms with Crippen molar-refractivity contribution in [3.63, 3.8) is 0 Å². The van der Waals surface area contributed by atoms with Gasteiger partial charge in [0.15, 0.2) is 5.78 Å². The Morgan fingerprint density at radius 1 is 1.28 bits per heavy atom. The summed E-state index contributed by atoms with van der Waals surface area (Å²) in [5.74, 6) is -0.0612. The van der Waals surface area contributed by atoms with Crippen LogP contribution in [0.5, 0.6) is 0 Å². The Balaban J connectivity index is 2.01. The van der Waals surface area contributed by atoms with Gasteiger partial charge < -0.3 is 15.0 Å². The fourth-order valence-corrected chi connectivity index (χ4v) is 3.24. The first-order valence-corrected chi connectivity index (χ1v) is 8.32. The van der Waals surface area contributed by atoms with Crippen molar-refractivity contribution >= 4 is 17.5 Å². The highest BCUT2D eigenvalue weighted by Gasteiger charge is 2.29. The van der Waals surface area contributed by atoms with Crippen LogP contribution >= 0.6 is 0 Å². The highest BCUT2D eigenvalue weighted by Crippen LogP contribution is 2.29. The Kier molecular flexibility index (Phi) is 4.14. The number of aromatic amines is 1. The third-order valence-corrected chi connectivity index (χ3v) is 4.64. The molecule has 0 unspecified atom stereocenters. The first-order valence-electron chi connectivity index (χ1n) is 8.32. The number of carboxylic acid groups (broad SMARTS) is 1. The average Bonchev–Trinajstić information content (AvgIpc) is 2.96. The van der Waals surface area contributed by atoms with Gasteiger partial charge in [-0.3, -0.25) is 9.59 Å². The minimum absolute atomic E-state index is 0.0258. The molecule has 8 nitrogen and oxygen atoms in total. The topological polar surface area (TPSA) is 108 Å². The summed E-state index contributed by atoms with van der Waals surface area (Å²) < 4.78 is 1.61. The van der Waals surface area contributed by atoms with Gasteiger partial charge in [0.1, 0.15) is 5.65 Å². The molecule has 2 aromatic heterocycles. The number of nitrogens with zero attached hydrogens (tertiary/aromatic N) is 3. The van der Waals surface area contributed by atoms with Crippen LogP contribution in [-0.2, 0) is 0 Å². The second-order valence-corrected chi connectivity index (χ2v) is 7.50. The Morgan fingerprint density at radius 3 is 2.48 bits per heavy atom. The zero-order valence-corrected chi connectivity index (χ0v) is 14.6. The van der Waals surface area contributed by atoms with Gasteiger partial charge in [0, 0.05) is 30.5 Å². The third-order valence-electron chi connectivity index (χ3n) is 4.64. The quantitative estimate of drug-likeness (QED) is 0.810. The monoisotopic (exact) mass is 346 g/mol. The Morgan fingerprint density at radius 2 is 1.92 bits per heavy atom. The van der Waals surface area contributed by atoms with Crippen LogP contribution in [0.25, 0.3) is 5.65 Å². The normalized spacial score (nSPS) is 16.4. The van der Waals surface area contributed by atoms with E-state index in [2.05, 4.69) is 10.1 Å². The fraction of sp³-hybridized carbons (Fsp3) is 0.529. The molecule has 3 rings (SSSR count). The number of carbonyl (C=O) groups excluding carboxylic acids is 1. The van der Waals surface area contributed by atoms with Crippen molar-refractivity contribution in [1.29, 1.82) is 0 Å². The summed E-state index contributed by atoms with van der Waals surface area (Å²) in [5.41, 5.74) is 0.657. The van der Waals surface area contributed by atoms with Crippen LogP contribution in [0, 0.1) is 5.41 Å². The predicted molar refractivity (Wildman–Crippen MR) is 91.2 cm³/mol. The molecule has 1 saturated heterocycles. The standard InChI is InChI=1S/C17H22N4O4/c1-17(2,3)14(23)11-9-18-21-12(8-13(22)19-15(11)21)10-4-6-20(7-5-10)16(24)25/h8-10H,4-7H2,1-3H3,(H,19,22)(H,24,25). The first kappa shape index (κ1) is 17.2. The van der Waals surface area contributed by atoms with Gasteiger partial charge in [0.2, 0.25) is 0 Å². The summed E-state index contributed by atoms with van der Waals surface area (Å²) in [4.78, 5) is 39.9. The molecule has 0 aliphatic carbocycles.